The van der Waals surface area contributed by atoms with E-state index in [0.29, 0.717) is 20.5 Å². The van der Waals surface area contributed by atoms with Crippen LogP contribution in [-0.4, -0.2) is 23.3 Å². The van der Waals surface area contributed by atoms with E-state index in [0.717, 1.165) is 17.3 Å². The quantitative estimate of drug-likeness (QED) is 0.420. The lowest BCUT2D eigenvalue weighted by atomic mass is 10.1. The summed E-state index contributed by atoms with van der Waals surface area (Å²) in [7, 11) is 1.31. The highest BCUT2D eigenvalue weighted by molar-refractivity contribution is 8.27. The maximum absolute atomic E-state index is 13.3. The Labute approximate surface area is 163 Å². The van der Waals surface area contributed by atoms with E-state index < -0.39 is 11.8 Å². The molecule has 26 heavy (non-hydrogen) atoms. The summed E-state index contributed by atoms with van der Waals surface area (Å²) >= 11 is 12.2. The number of ether oxygens (including phenoxy) is 1. The first-order valence-corrected chi connectivity index (χ1v) is 8.92. The van der Waals surface area contributed by atoms with Crippen molar-refractivity contribution in [3.63, 3.8) is 0 Å². The molecule has 0 aliphatic carbocycles. The number of hydrogen-bond donors (Lipinski definition) is 0. The van der Waals surface area contributed by atoms with Gasteiger partial charge in [0.05, 0.1) is 28.3 Å². The fraction of sp³-hybridized carbons (Fsp3) is 0.0556. The Morgan fingerprint density at radius 2 is 1.96 bits per heavy atom. The molecule has 1 heterocycles. The fourth-order valence-electron chi connectivity index (χ4n) is 2.30. The van der Waals surface area contributed by atoms with Crippen molar-refractivity contribution in [1.82, 2.24) is 0 Å². The Balaban J connectivity index is 1.87. The van der Waals surface area contributed by atoms with E-state index in [9.17, 15) is 14.0 Å². The van der Waals surface area contributed by atoms with Gasteiger partial charge >= 0.3 is 5.97 Å². The Hall–Kier alpha value is -2.22. The van der Waals surface area contributed by atoms with Crippen LogP contribution in [0.5, 0.6) is 0 Å². The molecule has 2 aromatic carbocycles. The number of rotatable bonds is 3. The summed E-state index contributed by atoms with van der Waals surface area (Å²) in [6, 6.07) is 10.6. The number of carbonyl (C=O) groups excluding carboxylic acids is 2. The van der Waals surface area contributed by atoms with E-state index in [1.165, 1.54) is 30.2 Å². The molecule has 0 unspecified atom stereocenters. The third-order valence-corrected chi connectivity index (χ3v) is 5.18. The number of halogens is 2. The standard InChI is InChI=1S/C18H11ClFNO3S2/c1-24-17(23)11-4-2-10(3-5-11)8-15-16(22)21(18(25)26-15)12-6-7-14(20)13(19)9-12/h2-9H,1H3/b15-8+. The second-order valence-corrected chi connectivity index (χ2v) is 7.31. The van der Waals surface area contributed by atoms with Gasteiger partial charge in [0.25, 0.3) is 5.91 Å². The Morgan fingerprint density at radius 3 is 2.58 bits per heavy atom. The molecule has 4 nitrogen and oxygen atoms in total. The zero-order valence-corrected chi connectivity index (χ0v) is 15.8. The number of hydrogen-bond acceptors (Lipinski definition) is 5. The predicted molar refractivity (Wildman–Crippen MR) is 105 cm³/mol. The molecule has 0 spiro atoms. The number of methoxy groups -OCH3 is 1. The molecule has 132 valence electrons. The number of carbonyl (C=O) groups is 2. The number of anilines is 1. The van der Waals surface area contributed by atoms with Crippen LogP contribution >= 0.6 is 35.6 Å². The van der Waals surface area contributed by atoms with E-state index >= 15 is 0 Å². The first-order chi connectivity index (χ1) is 12.4. The van der Waals surface area contributed by atoms with Crippen molar-refractivity contribution < 1.29 is 18.7 Å². The molecule has 2 aromatic rings. The van der Waals surface area contributed by atoms with Gasteiger partial charge in [-0.25, -0.2) is 9.18 Å². The smallest absolute Gasteiger partial charge is 0.337 e. The summed E-state index contributed by atoms with van der Waals surface area (Å²) in [5.41, 5.74) is 1.55. The minimum absolute atomic E-state index is 0.0843. The highest BCUT2D eigenvalue weighted by Crippen LogP contribution is 2.37. The van der Waals surface area contributed by atoms with Crippen LogP contribution in [0.3, 0.4) is 0 Å². The molecule has 8 heteroatoms. The number of esters is 1. The Kier molecular flexibility index (Phi) is 5.41. The van der Waals surface area contributed by atoms with Crippen molar-refractivity contribution in [3.05, 3.63) is 69.3 Å². The molecular weight excluding hydrogens is 397 g/mol. The van der Waals surface area contributed by atoms with Crippen LogP contribution in [0, 0.1) is 5.82 Å². The predicted octanol–water partition coefficient (Wildman–Crippen LogP) is 4.67. The summed E-state index contributed by atoms with van der Waals surface area (Å²) in [6.45, 7) is 0. The number of benzene rings is 2. The van der Waals surface area contributed by atoms with Gasteiger partial charge < -0.3 is 4.74 Å². The van der Waals surface area contributed by atoms with Gasteiger partial charge in [-0.1, -0.05) is 47.7 Å². The lowest BCUT2D eigenvalue weighted by Gasteiger charge is -2.14. The van der Waals surface area contributed by atoms with E-state index in [4.69, 9.17) is 23.8 Å². The highest BCUT2D eigenvalue weighted by Gasteiger charge is 2.33. The van der Waals surface area contributed by atoms with Gasteiger partial charge in [-0.3, -0.25) is 9.69 Å². The minimum Gasteiger partial charge on any atom is -0.465 e. The van der Waals surface area contributed by atoms with Gasteiger partial charge in [0, 0.05) is 0 Å². The maximum atomic E-state index is 13.3. The van der Waals surface area contributed by atoms with Gasteiger partial charge in [0.2, 0.25) is 0 Å². The van der Waals surface area contributed by atoms with Crippen LogP contribution in [0.4, 0.5) is 10.1 Å². The summed E-state index contributed by atoms with van der Waals surface area (Å²) in [5.74, 6) is -1.32. The molecule has 1 saturated heterocycles. The van der Waals surface area contributed by atoms with E-state index in [1.807, 2.05) is 0 Å². The van der Waals surface area contributed by atoms with E-state index in [2.05, 4.69) is 4.74 Å². The van der Waals surface area contributed by atoms with Gasteiger partial charge in [-0.15, -0.1) is 0 Å². The second kappa shape index (κ2) is 7.57. The molecule has 0 atom stereocenters. The number of amides is 1. The van der Waals surface area contributed by atoms with Crippen LogP contribution in [0.2, 0.25) is 5.02 Å². The molecule has 1 amide bonds. The molecule has 0 aromatic heterocycles. The van der Waals surface area contributed by atoms with Crippen molar-refractivity contribution in [2.75, 3.05) is 12.0 Å². The minimum atomic E-state index is -0.568. The number of thioether (sulfide) groups is 1. The van der Waals surface area contributed by atoms with E-state index in [-0.39, 0.29) is 10.9 Å². The van der Waals surface area contributed by atoms with Crippen molar-refractivity contribution in [2.45, 2.75) is 0 Å². The normalized spacial score (nSPS) is 15.7. The molecule has 0 bridgehead atoms. The Bertz CT molecular complexity index is 944. The van der Waals surface area contributed by atoms with Crippen molar-refractivity contribution >= 4 is 63.5 Å². The number of nitrogens with zero attached hydrogens (tertiary/aromatic N) is 1. The largest absolute Gasteiger partial charge is 0.465 e. The molecular formula is C18H11ClFNO3S2. The van der Waals surface area contributed by atoms with Gasteiger partial charge in [0.15, 0.2) is 4.32 Å². The monoisotopic (exact) mass is 407 g/mol. The van der Waals surface area contributed by atoms with Gasteiger partial charge in [-0.05, 0) is 42.0 Å². The molecule has 0 N–H and O–H groups in total. The Morgan fingerprint density at radius 1 is 1.27 bits per heavy atom. The molecule has 1 fully saturated rings. The van der Waals surface area contributed by atoms with Crippen LogP contribution in [0.15, 0.2) is 47.4 Å². The van der Waals surface area contributed by atoms with Gasteiger partial charge in [-0.2, -0.15) is 0 Å². The molecule has 0 saturated carbocycles. The second-order valence-electron chi connectivity index (χ2n) is 5.23. The third-order valence-electron chi connectivity index (χ3n) is 3.58. The zero-order valence-electron chi connectivity index (χ0n) is 13.4. The maximum Gasteiger partial charge on any atom is 0.337 e. The zero-order chi connectivity index (χ0) is 18.8. The van der Waals surface area contributed by atoms with Crippen LogP contribution in [0.25, 0.3) is 6.08 Å². The highest BCUT2D eigenvalue weighted by atomic mass is 35.5. The average Bonchev–Trinajstić information content (AvgIpc) is 2.91. The van der Waals surface area contributed by atoms with Crippen LogP contribution in [-0.2, 0) is 9.53 Å². The summed E-state index contributed by atoms with van der Waals surface area (Å²) in [4.78, 5) is 25.9. The topological polar surface area (TPSA) is 46.6 Å². The fourth-order valence-corrected chi connectivity index (χ4v) is 3.77. The third kappa shape index (κ3) is 3.65. The summed E-state index contributed by atoms with van der Waals surface area (Å²) in [6.07, 6.45) is 1.67. The van der Waals surface area contributed by atoms with Crippen LogP contribution < -0.4 is 4.90 Å². The SMILES string of the molecule is COC(=O)c1ccc(/C=C2/SC(=S)N(c3ccc(F)c(Cl)c3)C2=O)cc1. The summed E-state index contributed by atoms with van der Waals surface area (Å²) in [5, 5.41) is -0.0843. The molecule has 1 aliphatic heterocycles. The summed E-state index contributed by atoms with van der Waals surface area (Å²) < 4.78 is 18.3. The molecule has 0 radical (unpaired) electrons. The van der Waals surface area contributed by atoms with E-state index in [1.54, 1.807) is 30.3 Å². The van der Waals surface area contributed by atoms with Crippen molar-refractivity contribution in [3.8, 4) is 0 Å². The number of thiocarbonyl (C=S) groups is 1. The first kappa shape index (κ1) is 18.6. The van der Waals surface area contributed by atoms with Crippen LogP contribution in [0.1, 0.15) is 15.9 Å². The van der Waals surface area contributed by atoms with Crippen molar-refractivity contribution in [2.24, 2.45) is 0 Å². The lowest BCUT2D eigenvalue weighted by molar-refractivity contribution is -0.113. The van der Waals surface area contributed by atoms with Crippen molar-refractivity contribution in [1.29, 1.82) is 0 Å². The lowest BCUT2D eigenvalue weighted by Crippen LogP contribution is -2.27. The molecule has 3 rings (SSSR count). The molecule has 1 aliphatic rings. The van der Waals surface area contributed by atoms with Gasteiger partial charge in [0.1, 0.15) is 5.82 Å². The average molecular weight is 408 g/mol. The first-order valence-electron chi connectivity index (χ1n) is 7.32.